The zero-order valence-corrected chi connectivity index (χ0v) is 6.80. The molecule has 5 nitrogen and oxygen atoms in total. The van der Waals surface area contributed by atoms with E-state index in [2.05, 4.69) is 4.98 Å². The van der Waals surface area contributed by atoms with Gasteiger partial charge in [0.25, 0.3) is 5.91 Å². The summed E-state index contributed by atoms with van der Waals surface area (Å²) >= 11 is 5.58. The maximum atomic E-state index is 10.7. The highest BCUT2D eigenvalue weighted by molar-refractivity contribution is 6.33. The zero-order chi connectivity index (χ0) is 9.30. The first-order chi connectivity index (χ1) is 5.52. The average Bonchev–Trinajstić information content (AvgIpc) is 1.96. The molecule has 0 fully saturated rings. The number of aromatic nitrogens is 1. The standard InChI is InChI=1S/C6H7ClN4O/c7-3-1-2(6(10)12)4(8)11-5(3)9/h1H,(H2,10,12)(H4,8,9,11). The highest BCUT2D eigenvalue weighted by Crippen LogP contribution is 2.20. The minimum Gasteiger partial charge on any atom is -0.383 e. The van der Waals surface area contributed by atoms with Crippen LogP contribution in [-0.4, -0.2) is 10.9 Å². The molecule has 0 saturated carbocycles. The molecule has 0 aliphatic heterocycles. The molecule has 0 aliphatic rings. The lowest BCUT2D eigenvalue weighted by atomic mass is 10.2. The van der Waals surface area contributed by atoms with Crippen LogP contribution >= 0.6 is 11.6 Å². The monoisotopic (exact) mass is 186 g/mol. The van der Waals surface area contributed by atoms with Gasteiger partial charge >= 0.3 is 0 Å². The summed E-state index contributed by atoms with van der Waals surface area (Å²) in [6, 6.07) is 1.29. The van der Waals surface area contributed by atoms with Gasteiger partial charge in [-0.2, -0.15) is 0 Å². The summed E-state index contributed by atoms with van der Waals surface area (Å²) in [5.41, 5.74) is 15.7. The van der Waals surface area contributed by atoms with Crippen LogP contribution in [0.5, 0.6) is 0 Å². The highest BCUT2D eigenvalue weighted by Gasteiger charge is 2.09. The lowest BCUT2D eigenvalue weighted by Crippen LogP contribution is -2.15. The van der Waals surface area contributed by atoms with Crippen molar-refractivity contribution < 1.29 is 4.79 Å². The molecule has 1 aromatic heterocycles. The number of carbonyl (C=O) groups excluding carboxylic acids is 1. The summed E-state index contributed by atoms with van der Waals surface area (Å²) in [7, 11) is 0. The molecule has 1 amide bonds. The third-order valence-corrected chi connectivity index (χ3v) is 1.60. The van der Waals surface area contributed by atoms with Crippen LogP contribution in [0.3, 0.4) is 0 Å². The third kappa shape index (κ3) is 1.40. The maximum Gasteiger partial charge on any atom is 0.252 e. The molecular formula is C6H7ClN4O. The Kier molecular flexibility index (Phi) is 2.05. The minimum absolute atomic E-state index is 0.00981. The van der Waals surface area contributed by atoms with E-state index in [4.69, 9.17) is 28.8 Å². The summed E-state index contributed by atoms with van der Waals surface area (Å²) in [5, 5.41) is 0.165. The minimum atomic E-state index is -0.679. The lowest BCUT2D eigenvalue weighted by molar-refractivity contribution is 0.100. The van der Waals surface area contributed by atoms with Crippen molar-refractivity contribution in [1.82, 2.24) is 4.98 Å². The van der Waals surface area contributed by atoms with E-state index in [0.29, 0.717) is 0 Å². The quantitative estimate of drug-likeness (QED) is 0.574. The molecule has 0 bridgehead atoms. The van der Waals surface area contributed by atoms with E-state index in [0.717, 1.165) is 0 Å². The van der Waals surface area contributed by atoms with E-state index in [-0.39, 0.29) is 22.2 Å². The second-order valence-corrected chi connectivity index (χ2v) is 2.56. The predicted molar refractivity (Wildman–Crippen MR) is 46.6 cm³/mol. The van der Waals surface area contributed by atoms with Crippen molar-refractivity contribution >= 4 is 29.1 Å². The number of pyridine rings is 1. The number of carbonyl (C=O) groups is 1. The summed E-state index contributed by atoms with van der Waals surface area (Å²) in [5.74, 6) is -0.606. The number of halogens is 1. The van der Waals surface area contributed by atoms with Crippen LogP contribution < -0.4 is 17.2 Å². The first kappa shape index (κ1) is 8.61. The van der Waals surface area contributed by atoms with Gasteiger partial charge in [-0.25, -0.2) is 4.98 Å². The molecule has 0 aromatic carbocycles. The normalized spacial score (nSPS) is 9.75. The Labute approximate surface area is 73.5 Å². The van der Waals surface area contributed by atoms with Gasteiger partial charge in [0.05, 0.1) is 10.6 Å². The van der Waals surface area contributed by atoms with Crippen molar-refractivity contribution in [2.45, 2.75) is 0 Å². The van der Waals surface area contributed by atoms with Crippen LogP contribution in [0.1, 0.15) is 10.4 Å². The van der Waals surface area contributed by atoms with E-state index < -0.39 is 5.91 Å². The van der Waals surface area contributed by atoms with Gasteiger partial charge in [-0.15, -0.1) is 0 Å². The number of hydrogen-bond donors (Lipinski definition) is 3. The Morgan fingerprint density at radius 2 is 2.00 bits per heavy atom. The molecular weight excluding hydrogens is 180 g/mol. The SMILES string of the molecule is NC(=O)c1cc(Cl)c(N)nc1N. The Morgan fingerprint density at radius 3 is 2.50 bits per heavy atom. The Bertz CT molecular complexity index is 339. The fourth-order valence-corrected chi connectivity index (χ4v) is 0.867. The second-order valence-electron chi connectivity index (χ2n) is 2.15. The van der Waals surface area contributed by atoms with Gasteiger partial charge in [0.1, 0.15) is 11.6 Å². The molecule has 1 heterocycles. The largest absolute Gasteiger partial charge is 0.383 e. The van der Waals surface area contributed by atoms with Crippen molar-refractivity contribution in [3.63, 3.8) is 0 Å². The maximum absolute atomic E-state index is 10.7. The molecule has 6 N–H and O–H groups in total. The molecule has 1 aromatic rings. The molecule has 0 radical (unpaired) electrons. The summed E-state index contributed by atoms with van der Waals surface area (Å²) < 4.78 is 0. The first-order valence-corrected chi connectivity index (χ1v) is 3.41. The molecule has 0 aliphatic carbocycles. The molecule has 0 spiro atoms. The molecule has 12 heavy (non-hydrogen) atoms. The smallest absolute Gasteiger partial charge is 0.252 e. The highest BCUT2D eigenvalue weighted by atomic mass is 35.5. The van der Waals surface area contributed by atoms with Crippen LogP contribution in [0.15, 0.2) is 6.07 Å². The number of nitrogens with two attached hydrogens (primary N) is 3. The predicted octanol–water partition coefficient (Wildman–Crippen LogP) is -0.00170. The second kappa shape index (κ2) is 2.86. The van der Waals surface area contributed by atoms with Gasteiger partial charge in [-0.1, -0.05) is 11.6 Å². The van der Waals surface area contributed by atoms with Crippen molar-refractivity contribution in [3.05, 3.63) is 16.7 Å². The van der Waals surface area contributed by atoms with Gasteiger partial charge in [0, 0.05) is 0 Å². The van der Waals surface area contributed by atoms with Crippen LogP contribution in [0.25, 0.3) is 0 Å². The van der Waals surface area contributed by atoms with Crippen LogP contribution in [0.2, 0.25) is 5.02 Å². The number of hydrogen-bond acceptors (Lipinski definition) is 4. The van der Waals surface area contributed by atoms with Crippen molar-refractivity contribution in [1.29, 1.82) is 0 Å². The van der Waals surface area contributed by atoms with Gasteiger partial charge < -0.3 is 17.2 Å². The number of anilines is 2. The molecule has 0 saturated heterocycles. The van der Waals surface area contributed by atoms with Crippen LogP contribution in [0, 0.1) is 0 Å². The number of nitrogens with zero attached hydrogens (tertiary/aromatic N) is 1. The van der Waals surface area contributed by atoms with E-state index in [1.54, 1.807) is 0 Å². The van der Waals surface area contributed by atoms with Crippen LogP contribution in [-0.2, 0) is 0 Å². The van der Waals surface area contributed by atoms with E-state index in [1.165, 1.54) is 6.07 Å². The average molecular weight is 187 g/mol. The van der Waals surface area contributed by atoms with Gasteiger partial charge in [0.15, 0.2) is 0 Å². The fourth-order valence-electron chi connectivity index (χ4n) is 0.715. The van der Waals surface area contributed by atoms with E-state index in [1.807, 2.05) is 0 Å². The number of amides is 1. The van der Waals surface area contributed by atoms with Crippen LogP contribution in [0.4, 0.5) is 11.6 Å². The summed E-state index contributed by atoms with van der Waals surface area (Å²) in [6.07, 6.45) is 0. The number of nitrogen functional groups attached to an aromatic ring is 2. The summed E-state index contributed by atoms with van der Waals surface area (Å²) in [6.45, 7) is 0. The topological polar surface area (TPSA) is 108 Å². The Hall–Kier alpha value is -1.49. The van der Waals surface area contributed by atoms with Crippen molar-refractivity contribution in [3.8, 4) is 0 Å². The van der Waals surface area contributed by atoms with Gasteiger partial charge in [0.2, 0.25) is 0 Å². The molecule has 6 heteroatoms. The summed E-state index contributed by atoms with van der Waals surface area (Å²) in [4.78, 5) is 14.3. The fraction of sp³-hybridized carbons (Fsp3) is 0. The van der Waals surface area contributed by atoms with Gasteiger partial charge in [-0.05, 0) is 6.07 Å². The Morgan fingerprint density at radius 1 is 1.42 bits per heavy atom. The third-order valence-electron chi connectivity index (χ3n) is 1.30. The molecule has 0 unspecified atom stereocenters. The zero-order valence-electron chi connectivity index (χ0n) is 6.04. The molecule has 1 rings (SSSR count). The van der Waals surface area contributed by atoms with E-state index in [9.17, 15) is 4.79 Å². The van der Waals surface area contributed by atoms with Crippen molar-refractivity contribution in [2.75, 3.05) is 11.5 Å². The lowest BCUT2D eigenvalue weighted by Gasteiger charge is -2.02. The Balaban J connectivity index is 3.33. The van der Waals surface area contributed by atoms with Crippen molar-refractivity contribution in [2.24, 2.45) is 5.73 Å². The number of primary amides is 1. The molecule has 0 atom stereocenters. The molecule has 64 valence electrons. The first-order valence-electron chi connectivity index (χ1n) is 3.03. The number of rotatable bonds is 1. The van der Waals surface area contributed by atoms with E-state index >= 15 is 0 Å². The van der Waals surface area contributed by atoms with Gasteiger partial charge in [-0.3, -0.25) is 4.79 Å².